The molecule has 3 aromatic carbocycles. The molecule has 0 saturated carbocycles. The number of nitrogens with zero attached hydrogens (tertiary/aromatic N) is 3. The molecule has 0 saturated heterocycles. The minimum Gasteiger partial charge on any atom is -0.491 e. The molecule has 1 aromatic heterocycles. The third kappa shape index (κ3) is 5.01. The molecule has 0 radical (unpaired) electrons. The number of rotatable bonds is 6. The summed E-state index contributed by atoms with van der Waals surface area (Å²) in [7, 11) is 0. The summed E-state index contributed by atoms with van der Waals surface area (Å²) in [5, 5.41) is 18.8. The normalized spacial score (nSPS) is 11.3. The Kier molecular flexibility index (Phi) is 6.68. The van der Waals surface area contributed by atoms with E-state index < -0.39 is 28.8 Å². The van der Waals surface area contributed by atoms with Gasteiger partial charge in [-0.1, -0.05) is 23.7 Å². The van der Waals surface area contributed by atoms with Crippen LogP contribution >= 0.6 is 11.6 Å². The predicted octanol–water partition coefficient (Wildman–Crippen LogP) is 5.38. The minimum absolute atomic E-state index is 0.0229. The zero-order chi connectivity index (χ0) is 26.0. The van der Waals surface area contributed by atoms with Crippen molar-refractivity contribution in [2.75, 3.05) is 6.61 Å². The van der Waals surface area contributed by atoms with Gasteiger partial charge in [0, 0.05) is 10.6 Å². The Bertz CT molecular complexity index is 1590. The standard InChI is InChI=1S/C25H15ClF3N3O4/c26-18-4-5-21(19(11-18)14-2-1-3-15(8-14)24(34)35)36-7-6-32-13-31-20-10-17(25(27,28)29)9-16(12-30)22(20)23(32)33/h1-5,8-11,13H,6-7H2,(H,34,35). The van der Waals surface area contributed by atoms with E-state index in [0.29, 0.717) is 28.0 Å². The van der Waals surface area contributed by atoms with Gasteiger partial charge in [-0.2, -0.15) is 18.4 Å². The van der Waals surface area contributed by atoms with Crippen molar-refractivity contribution >= 4 is 28.5 Å². The molecule has 0 aliphatic heterocycles. The summed E-state index contributed by atoms with van der Waals surface area (Å²) >= 11 is 6.12. The zero-order valence-corrected chi connectivity index (χ0v) is 19.0. The second-order valence-corrected chi connectivity index (χ2v) is 8.08. The highest BCUT2D eigenvalue weighted by Crippen LogP contribution is 2.34. The van der Waals surface area contributed by atoms with Crippen LogP contribution in [0.1, 0.15) is 21.5 Å². The number of fused-ring (bicyclic) bond motifs is 1. The zero-order valence-electron chi connectivity index (χ0n) is 18.2. The molecule has 0 aliphatic carbocycles. The van der Waals surface area contributed by atoms with Crippen molar-refractivity contribution in [2.24, 2.45) is 0 Å². The van der Waals surface area contributed by atoms with Crippen molar-refractivity contribution in [3.05, 3.63) is 93.0 Å². The third-order valence-corrected chi connectivity index (χ3v) is 5.56. The Morgan fingerprint density at radius 3 is 2.64 bits per heavy atom. The maximum atomic E-state index is 13.1. The average Bonchev–Trinajstić information content (AvgIpc) is 2.85. The van der Waals surface area contributed by atoms with Crippen molar-refractivity contribution in [1.29, 1.82) is 5.26 Å². The largest absolute Gasteiger partial charge is 0.491 e. The van der Waals surface area contributed by atoms with Crippen LogP contribution in [0.25, 0.3) is 22.0 Å². The molecule has 36 heavy (non-hydrogen) atoms. The van der Waals surface area contributed by atoms with Gasteiger partial charge in [-0.25, -0.2) is 9.78 Å². The Morgan fingerprint density at radius 2 is 1.94 bits per heavy atom. The topological polar surface area (TPSA) is 105 Å². The van der Waals surface area contributed by atoms with Crippen molar-refractivity contribution < 1.29 is 27.8 Å². The van der Waals surface area contributed by atoms with Gasteiger partial charge in [0.05, 0.1) is 40.5 Å². The lowest BCUT2D eigenvalue weighted by Gasteiger charge is -2.14. The van der Waals surface area contributed by atoms with E-state index in [0.717, 1.165) is 17.0 Å². The Hall–Kier alpha value is -4.36. The fourth-order valence-electron chi connectivity index (χ4n) is 3.62. The second-order valence-electron chi connectivity index (χ2n) is 7.65. The summed E-state index contributed by atoms with van der Waals surface area (Å²) in [5.74, 6) is -0.722. The van der Waals surface area contributed by atoms with Crippen LogP contribution in [-0.2, 0) is 12.7 Å². The summed E-state index contributed by atoms with van der Waals surface area (Å²) < 4.78 is 46.3. The third-order valence-electron chi connectivity index (χ3n) is 5.33. The van der Waals surface area contributed by atoms with Crippen LogP contribution in [0.5, 0.6) is 5.75 Å². The van der Waals surface area contributed by atoms with Crippen molar-refractivity contribution in [3.8, 4) is 22.9 Å². The van der Waals surface area contributed by atoms with Gasteiger partial charge in [-0.05, 0) is 48.0 Å². The average molecular weight is 514 g/mol. The van der Waals surface area contributed by atoms with E-state index in [2.05, 4.69) is 4.98 Å². The quantitative estimate of drug-likeness (QED) is 0.371. The van der Waals surface area contributed by atoms with Gasteiger partial charge in [-0.15, -0.1) is 0 Å². The summed E-state index contributed by atoms with van der Waals surface area (Å²) in [5.41, 5.74) is -1.25. The summed E-state index contributed by atoms with van der Waals surface area (Å²) in [4.78, 5) is 28.2. The molecule has 0 bridgehead atoms. The fraction of sp³-hybridized carbons (Fsp3) is 0.120. The number of aromatic nitrogens is 2. The van der Waals surface area contributed by atoms with Crippen molar-refractivity contribution in [1.82, 2.24) is 9.55 Å². The summed E-state index contributed by atoms with van der Waals surface area (Å²) in [6.07, 6.45) is -3.60. The van der Waals surface area contributed by atoms with E-state index >= 15 is 0 Å². The second kappa shape index (κ2) is 9.71. The maximum absolute atomic E-state index is 13.1. The van der Waals surface area contributed by atoms with Gasteiger partial charge in [-0.3, -0.25) is 9.36 Å². The number of halogens is 4. The van der Waals surface area contributed by atoms with E-state index in [-0.39, 0.29) is 29.6 Å². The molecule has 0 unspecified atom stereocenters. The van der Waals surface area contributed by atoms with Gasteiger partial charge in [0.15, 0.2) is 0 Å². The number of ether oxygens (including phenoxy) is 1. The van der Waals surface area contributed by atoms with Crippen LogP contribution in [0.3, 0.4) is 0 Å². The first kappa shape index (κ1) is 24.8. The highest BCUT2D eigenvalue weighted by Gasteiger charge is 2.32. The monoisotopic (exact) mass is 513 g/mol. The number of nitriles is 1. The minimum atomic E-state index is -4.69. The lowest BCUT2D eigenvalue weighted by atomic mass is 10.0. The van der Waals surface area contributed by atoms with Gasteiger partial charge in [0.25, 0.3) is 5.56 Å². The summed E-state index contributed by atoms with van der Waals surface area (Å²) in [6, 6.07) is 14.0. The van der Waals surface area contributed by atoms with Gasteiger partial charge in [0.2, 0.25) is 0 Å². The SMILES string of the molecule is N#Cc1cc(C(F)(F)F)cc2ncn(CCOc3ccc(Cl)cc3-c3cccc(C(=O)O)c3)c(=O)c12. The van der Waals surface area contributed by atoms with Crippen LogP contribution in [0.2, 0.25) is 5.02 Å². The molecule has 0 atom stereocenters. The van der Waals surface area contributed by atoms with Gasteiger partial charge in [0.1, 0.15) is 18.4 Å². The molecule has 0 aliphatic rings. The molecular formula is C25H15ClF3N3O4. The van der Waals surface area contributed by atoms with E-state index in [1.807, 2.05) is 0 Å². The number of hydrogen-bond acceptors (Lipinski definition) is 5. The molecule has 0 fully saturated rings. The fourth-order valence-corrected chi connectivity index (χ4v) is 3.79. The van der Waals surface area contributed by atoms with Crippen molar-refractivity contribution in [3.63, 3.8) is 0 Å². The van der Waals surface area contributed by atoms with Crippen LogP contribution in [0, 0.1) is 11.3 Å². The Balaban J connectivity index is 1.62. The number of carbonyl (C=O) groups is 1. The molecule has 182 valence electrons. The van der Waals surface area contributed by atoms with E-state index in [1.165, 1.54) is 12.1 Å². The highest BCUT2D eigenvalue weighted by atomic mass is 35.5. The lowest BCUT2D eigenvalue weighted by Crippen LogP contribution is -2.24. The highest BCUT2D eigenvalue weighted by molar-refractivity contribution is 6.31. The van der Waals surface area contributed by atoms with Gasteiger partial charge >= 0.3 is 12.1 Å². The molecule has 1 heterocycles. The molecular weight excluding hydrogens is 499 g/mol. The first-order valence-electron chi connectivity index (χ1n) is 10.3. The number of carboxylic acids is 1. The first-order chi connectivity index (χ1) is 17.1. The number of benzene rings is 3. The summed E-state index contributed by atoms with van der Waals surface area (Å²) in [6.45, 7) is -0.0617. The van der Waals surface area contributed by atoms with Gasteiger partial charge < -0.3 is 9.84 Å². The first-order valence-corrected chi connectivity index (χ1v) is 10.7. The molecule has 0 amide bonds. The lowest BCUT2D eigenvalue weighted by molar-refractivity contribution is -0.137. The molecule has 4 rings (SSSR count). The van der Waals surface area contributed by atoms with E-state index in [4.69, 9.17) is 16.3 Å². The molecule has 0 spiro atoms. The molecule has 11 heteroatoms. The molecule has 4 aromatic rings. The molecule has 7 nitrogen and oxygen atoms in total. The number of alkyl halides is 3. The maximum Gasteiger partial charge on any atom is 0.416 e. The smallest absolute Gasteiger partial charge is 0.416 e. The number of hydrogen-bond donors (Lipinski definition) is 1. The van der Waals surface area contributed by atoms with Crippen LogP contribution < -0.4 is 10.3 Å². The van der Waals surface area contributed by atoms with E-state index in [9.17, 15) is 33.1 Å². The Labute approximate surface area is 206 Å². The predicted molar refractivity (Wildman–Crippen MR) is 125 cm³/mol. The number of aromatic carboxylic acids is 1. The van der Waals surface area contributed by atoms with Crippen LogP contribution in [0.15, 0.2) is 65.7 Å². The van der Waals surface area contributed by atoms with Crippen LogP contribution in [-0.4, -0.2) is 27.2 Å². The van der Waals surface area contributed by atoms with Crippen molar-refractivity contribution in [2.45, 2.75) is 12.7 Å². The molecule has 1 N–H and O–H groups in total. The Morgan fingerprint density at radius 1 is 1.17 bits per heavy atom. The van der Waals surface area contributed by atoms with E-state index in [1.54, 1.807) is 36.4 Å². The van der Waals surface area contributed by atoms with Crippen LogP contribution in [0.4, 0.5) is 13.2 Å². The number of carboxylic acid groups (broad SMARTS) is 1.